The number of guanidine groups is 1. The first-order chi connectivity index (χ1) is 14.6. The summed E-state index contributed by atoms with van der Waals surface area (Å²) in [5.74, 6) is 0.697. The Hall–Kier alpha value is -3.48. The topological polar surface area (TPSA) is 102 Å². The van der Waals surface area contributed by atoms with Gasteiger partial charge in [0, 0.05) is 48.8 Å². The molecule has 0 saturated carbocycles. The lowest BCUT2D eigenvalue weighted by atomic mass is 10.1. The van der Waals surface area contributed by atoms with E-state index in [2.05, 4.69) is 57.2 Å². The van der Waals surface area contributed by atoms with E-state index in [9.17, 15) is 9.90 Å². The average molecular weight is 408 g/mol. The summed E-state index contributed by atoms with van der Waals surface area (Å²) in [5.41, 5.74) is 4.20. The predicted octanol–water partition coefficient (Wildman–Crippen LogP) is 2.71. The van der Waals surface area contributed by atoms with Crippen LogP contribution in [0.3, 0.4) is 0 Å². The van der Waals surface area contributed by atoms with E-state index >= 15 is 0 Å². The quantitative estimate of drug-likeness (QED) is 0.225. The van der Waals surface area contributed by atoms with Crippen LogP contribution in [0.2, 0.25) is 0 Å². The summed E-state index contributed by atoms with van der Waals surface area (Å²) in [5, 5.41) is 19.9. The second kappa shape index (κ2) is 10.3. The fourth-order valence-electron chi connectivity index (χ4n) is 3.27. The third-order valence-electron chi connectivity index (χ3n) is 4.84. The van der Waals surface area contributed by atoms with Crippen molar-refractivity contribution in [2.24, 2.45) is 4.99 Å². The summed E-state index contributed by atoms with van der Waals surface area (Å²) in [6.07, 6.45) is 2.91. The molecule has 0 unspecified atom stereocenters. The van der Waals surface area contributed by atoms with Gasteiger partial charge in [-0.15, -0.1) is 0 Å². The van der Waals surface area contributed by atoms with Crippen LogP contribution in [0.5, 0.6) is 5.75 Å². The van der Waals surface area contributed by atoms with Gasteiger partial charge in [0.15, 0.2) is 5.96 Å². The molecule has 0 saturated heterocycles. The summed E-state index contributed by atoms with van der Waals surface area (Å²) in [6.45, 7) is 6.57. The second-order valence-corrected chi connectivity index (χ2v) is 7.05. The number of aromatic amines is 1. The molecule has 2 aromatic carbocycles. The number of aryl methyl sites for hydroxylation is 1. The first-order valence-corrected chi connectivity index (χ1v) is 10.2. The Morgan fingerprint density at radius 3 is 2.60 bits per heavy atom. The van der Waals surface area contributed by atoms with Crippen molar-refractivity contribution in [1.82, 2.24) is 20.9 Å². The number of carbonyl (C=O) groups is 1. The zero-order valence-corrected chi connectivity index (χ0v) is 17.5. The summed E-state index contributed by atoms with van der Waals surface area (Å²) < 4.78 is 0. The number of phenolic OH excluding ortho intramolecular Hbond substituents is 1. The summed E-state index contributed by atoms with van der Waals surface area (Å²) in [4.78, 5) is 20.1. The first-order valence-electron chi connectivity index (χ1n) is 10.2. The lowest BCUT2D eigenvalue weighted by Gasteiger charge is -2.12. The number of para-hydroxylation sites is 1. The molecule has 0 spiro atoms. The Morgan fingerprint density at radius 1 is 1.07 bits per heavy atom. The van der Waals surface area contributed by atoms with Gasteiger partial charge in [0.25, 0.3) is 5.91 Å². The van der Waals surface area contributed by atoms with E-state index in [1.165, 1.54) is 34.2 Å². The van der Waals surface area contributed by atoms with Gasteiger partial charge in [-0.1, -0.05) is 18.2 Å². The molecule has 0 aliphatic rings. The molecule has 7 nitrogen and oxygen atoms in total. The van der Waals surface area contributed by atoms with Gasteiger partial charge in [-0.25, -0.2) is 0 Å². The molecule has 0 aliphatic heterocycles. The van der Waals surface area contributed by atoms with Crippen LogP contribution in [0.4, 0.5) is 0 Å². The number of amides is 1. The number of benzene rings is 2. The highest BCUT2D eigenvalue weighted by atomic mass is 16.3. The van der Waals surface area contributed by atoms with Crippen LogP contribution in [0.15, 0.2) is 53.7 Å². The molecule has 1 aromatic heterocycles. The Balaban J connectivity index is 1.47. The van der Waals surface area contributed by atoms with E-state index in [1.54, 1.807) is 12.1 Å². The number of aromatic hydroxyl groups is 1. The molecular weight excluding hydrogens is 378 g/mol. The summed E-state index contributed by atoms with van der Waals surface area (Å²) in [7, 11) is 0. The predicted molar refractivity (Wildman–Crippen MR) is 121 cm³/mol. The summed E-state index contributed by atoms with van der Waals surface area (Å²) in [6, 6.07) is 12.5. The van der Waals surface area contributed by atoms with Crippen LogP contribution >= 0.6 is 0 Å². The van der Waals surface area contributed by atoms with Crippen molar-refractivity contribution in [3.8, 4) is 5.75 Å². The molecule has 158 valence electrons. The van der Waals surface area contributed by atoms with Gasteiger partial charge in [-0.3, -0.25) is 9.79 Å². The number of hydrogen-bond acceptors (Lipinski definition) is 3. The molecule has 0 aliphatic carbocycles. The smallest absolute Gasteiger partial charge is 0.251 e. The number of nitrogens with one attached hydrogen (secondary N) is 4. The maximum atomic E-state index is 12.1. The van der Waals surface area contributed by atoms with Crippen molar-refractivity contribution in [2.75, 3.05) is 26.2 Å². The lowest BCUT2D eigenvalue weighted by Crippen LogP contribution is -2.41. The standard InChI is InChI=1S/C23H29N5O2/c1-3-24-23(27-14-13-25-22(30)17-7-9-19(29)10-8-17)26-12-11-18-15-28-21-16(2)5-4-6-20(18)21/h4-10,15,28-29H,3,11-14H2,1-2H3,(H,25,30)(H2,24,26,27). The number of carbonyl (C=O) groups excluding carboxylic acids is 1. The lowest BCUT2D eigenvalue weighted by molar-refractivity contribution is 0.0954. The van der Waals surface area contributed by atoms with Crippen LogP contribution in [-0.4, -0.2) is 48.1 Å². The van der Waals surface area contributed by atoms with Gasteiger partial charge in [-0.2, -0.15) is 0 Å². The maximum absolute atomic E-state index is 12.1. The molecule has 0 atom stereocenters. The van der Waals surface area contributed by atoms with Crippen LogP contribution in [0.25, 0.3) is 10.9 Å². The van der Waals surface area contributed by atoms with Gasteiger partial charge < -0.3 is 26.0 Å². The minimum absolute atomic E-state index is 0.141. The molecule has 5 N–H and O–H groups in total. The Labute approximate surface area is 176 Å². The molecule has 0 radical (unpaired) electrons. The number of aromatic nitrogens is 1. The van der Waals surface area contributed by atoms with Crippen molar-refractivity contribution in [2.45, 2.75) is 20.3 Å². The molecular formula is C23H29N5O2. The molecule has 1 heterocycles. The van der Waals surface area contributed by atoms with Gasteiger partial charge in [-0.05, 0) is 55.7 Å². The number of rotatable bonds is 8. The fourth-order valence-corrected chi connectivity index (χ4v) is 3.27. The third-order valence-corrected chi connectivity index (χ3v) is 4.84. The van der Waals surface area contributed by atoms with Gasteiger partial charge in [0.1, 0.15) is 5.75 Å². The van der Waals surface area contributed by atoms with E-state index in [0.29, 0.717) is 25.2 Å². The summed E-state index contributed by atoms with van der Waals surface area (Å²) >= 11 is 0. The average Bonchev–Trinajstić information content (AvgIpc) is 3.16. The molecule has 3 rings (SSSR count). The minimum Gasteiger partial charge on any atom is -0.508 e. The van der Waals surface area contributed by atoms with E-state index in [-0.39, 0.29) is 11.7 Å². The molecule has 7 heteroatoms. The largest absolute Gasteiger partial charge is 0.508 e. The van der Waals surface area contributed by atoms with Crippen LogP contribution in [0, 0.1) is 6.92 Å². The third kappa shape index (κ3) is 5.53. The highest BCUT2D eigenvalue weighted by molar-refractivity contribution is 5.94. The number of hydrogen-bond donors (Lipinski definition) is 5. The van der Waals surface area contributed by atoms with Gasteiger partial charge >= 0.3 is 0 Å². The van der Waals surface area contributed by atoms with E-state index in [4.69, 9.17) is 0 Å². The normalized spacial score (nSPS) is 11.5. The number of fused-ring (bicyclic) bond motifs is 1. The van der Waals surface area contributed by atoms with Crippen molar-refractivity contribution < 1.29 is 9.90 Å². The van der Waals surface area contributed by atoms with Gasteiger partial charge in [0.2, 0.25) is 0 Å². The molecule has 1 amide bonds. The number of H-pyrrole nitrogens is 1. The Kier molecular flexibility index (Phi) is 7.32. The van der Waals surface area contributed by atoms with Crippen LogP contribution < -0.4 is 16.0 Å². The zero-order valence-electron chi connectivity index (χ0n) is 17.5. The van der Waals surface area contributed by atoms with E-state index < -0.39 is 0 Å². The molecule has 0 bridgehead atoms. The zero-order chi connectivity index (χ0) is 21.3. The van der Waals surface area contributed by atoms with Crippen molar-refractivity contribution in [1.29, 1.82) is 0 Å². The first kappa shape index (κ1) is 21.2. The minimum atomic E-state index is -0.173. The number of nitrogens with zero attached hydrogens (tertiary/aromatic N) is 1. The SMILES string of the molecule is CCNC(=NCCc1c[nH]c2c(C)cccc12)NCCNC(=O)c1ccc(O)cc1. The van der Waals surface area contributed by atoms with E-state index in [1.807, 2.05) is 6.92 Å². The fraction of sp³-hybridized carbons (Fsp3) is 0.304. The second-order valence-electron chi connectivity index (χ2n) is 7.05. The molecule has 3 aromatic rings. The van der Waals surface area contributed by atoms with Gasteiger partial charge in [0.05, 0.1) is 0 Å². The Bertz CT molecular complexity index is 1010. The highest BCUT2D eigenvalue weighted by Gasteiger charge is 2.06. The molecule has 0 fully saturated rings. The Morgan fingerprint density at radius 2 is 1.83 bits per heavy atom. The number of phenols is 1. The van der Waals surface area contributed by atoms with Crippen molar-refractivity contribution in [3.63, 3.8) is 0 Å². The van der Waals surface area contributed by atoms with Crippen molar-refractivity contribution in [3.05, 3.63) is 65.4 Å². The number of aliphatic imine (C=N–C) groups is 1. The van der Waals surface area contributed by atoms with Crippen LogP contribution in [-0.2, 0) is 6.42 Å². The molecule has 30 heavy (non-hydrogen) atoms. The monoisotopic (exact) mass is 407 g/mol. The van der Waals surface area contributed by atoms with E-state index in [0.717, 1.165) is 18.9 Å². The van der Waals surface area contributed by atoms with Crippen molar-refractivity contribution >= 4 is 22.8 Å². The van der Waals surface area contributed by atoms with Crippen LogP contribution in [0.1, 0.15) is 28.4 Å². The highest BCUT2D eigenvalue weighted by Crippen LogP contribution is 2.21. The maximum Gasteiger partial charge on any atom is 0.251 e.